The van der Waals surface area contributed by atoms with Gasteiger partial charge in [0, 0.05) is 16.8 Å². The number of halogens is 2. The molecule has 14 heavy (non-hydrogen) atoms. The average molecular weight is 252 g/mol. The number of nitrogens with one attached hydrogen (secondary N) is 1. The maximum Gasteiger partial charge on any atom is 0.0931 e. The molecule has 0 aliphatic heterocycles. The summed E-state index contributed by atoms with van der Waals surface area (Å²) in [5, 5.41) is 3.65. The molecule has 0 bridgehead atoms. The number of hydrogen-bond acceptors (Lipinski definition) is 2. The molecule has 1 nitrogen and oxygen atoms in total. The lowest BCUT2D eigenvalue weighted by molar-refractivity contribution is 0.623. The minimum atomic E-state index is 0.285. The van der Waals surface area contributed by atoms with Gasteiger partial charge in [-0.3, -0.25) is 0 Å². The van der Waals surface area contributed by atoms with Crippen molar-refractivity contribution in [1.29, 1.82) is 0 Å². The van der Waals surface area contributed by atoms with E-state index in [0.717, 1.165) is 30.3 Å². The highest BCUT2D eigenvalue weighted by Gasteiger charge is 1.98. The van der Waals surface area contributed by atoms with Crippen LogP contribution in [0.3, 0.4) is 0 Å². The fourth-order valence-electron chi connectivity index (χ4n) is 1.17. The van der Waals surface area contributed by atoms with E-state index in [9.17, 15) is 0 Å². The van der Waals surface area contributed by atoms with Crippen LogP contribution in [0.1, 0.15) is 24.6 Å². The van der Waals surface area contributed by atoms with Gasteiger partial charge in [-0.05, 0) is 38.4 Å². The van der Waals surface area contributed by atoms with Crippen LogP contribution in [0.2, 0.25) is 4.34 Å². The second kappa shape index (κ2) is 6.67. The molecule has 1 rings (SSSR count). The third kappa shape index (κ3) is 5.20. The van der Waals surface area contributed by atoms with Gasteiger partial charge in [-0.2, -0.15) is 0 Å². The molecule has 0 saturated heterocycles. The van der Waals surface area contributed by atoms with Gasteiger partial charge in [0.1, 0.15) is 0 Å². The lowest BCUT2D eigenvalue weighted by atomic mass is 10.2. The van der Waals surface area contributed by atoms with Gasteiger partial charge in [-0.15, -0.1) is 22.9 Å². The highest BCUT2D eigenvalue weighted by molar-refractivity contribution is 7.16. The van der Waals surface area contributed by atoms with Crippen LogP contribution < -0.4 is 5.32 Å². The predicted molar refractivity (Wildman–Crippen MR) is 65.6 cm³/mol. The summed E-state index contributed by atoms with van der Waals surface area (Å²) >= 11 is 13.3. The summed E-state index contributed by atoms with van der Waals surface area (Å²) in [4.78, 5) is 1.29. The van der Waals surface area contributed by atoms with Crippen LogP contribution in [-0.4, -0.2) is 11.9 Å². The maximum atomic E-state index is 5.83. The molecular weight excluding hydrogens is 237 g/mol. The molecule has 1 atom stereocenters. The van der Waals surface area contributed by atoms with Crippen molar-refractivity contribution < 1.29 is 0 Å². The minimum absolute atomic E-state index is 0.285. The van der Waals surface area contributed by atoms with E-state index in [0.29, 0.717) is 0 Å². The zero-order valence-corrected chi connectivity index (χ0v) is 10.6. The van der Waals surface area contributed by atoms with E-state index in [1.807, 2.05) is 13.0 Å². The lowest BCUT2D eigenvalue weighted by Crippen LogP contribution is -2.14. The molecule has 80 valence electrons. The molecule has 1 aromatic heterocycles. The highest BCUT2D eigenvalue weighted by atomic mass is 35.5. The van der Waals surface area contributed by atoms with Crippen molar-refractivity contribution in [1.82, 2.24) is 5.32 Å². The van der Waals surface area contributed by atoms with Crippen molar-refractivity contribution in [2.24, 2.45) is 0 Å². The Labute approximate surface area is 99.4 Å². The number of rotatable bonds is 6. The summed E-state index contributed by atoms with van der Waals surface area (Å²) in [6.45, 7) is 3.96. The molecule has 0 aromatic carbocycles. The van der Waals surface area contributed by atoms with Crippen LogP contribution in [0.4, 0.5) is 0 Å². The summed E-state index contributed by atoms with van der Waals surface area (Å²) < 4.78 is 0.858. The van der Waals surface area contributed by atoms with Crippen molar-refractivity contribution in [3.63, 3.8) is 0 Å². The van der Waals surface area contributed by atoms with Crippen molar-refractivity contribution in [3.05, 3.63) is 21.3 Å². The Morgan fingerprint density at radius 1 is 1.50 bits per heavy atom. The predicted octanol–water partition coefficient (Wildman–Crippen LogP) is 3.90. The first-order valence-electron chi connectivity index (χ1n) is 4.77. The van der Waals surface area contributed by atoms with Gasteiger partial charge >= 0.3 is 0 Å². The van der Waals surface area contributed by atoms with Crippen LogP contribution in [0.15, 0.2) is 12.1 Å². The Bertz CT molecular complexity index is 260. The van der Waals surface area contributed by atoms with E-state index < -0.39 is 0 Å². The molecule has 0 saturated carbocycles. The number of alkyl halides is 1. The van der Waals surface area contributed by atoms with E-state index in [4.69, 9.17) is 23.2 Å². The van der Waals surface area contributed by atoms with Gasteiger partial charge in [0.25, 0.3) is 0 Å². The monoisotopic (exact) mass is 251 g/mol. The van der Waals surface area contributed by atoms with Gasteiger partial charge < -0.3 is 5.32 Å². The smallest absolute Gasteiger partial charge is 0.0931 e. The van der Waals surface area contributed by atoms with Crippen molar-refractivity contribution in [2.75, 3.05) is 6.54 Å². The highest BCUT2D eigenvalue weighted by Crippen LogP contribution is 2.20. The van der Waals surface area contributed by atoms with E-state index in [-0.39, 0.29) is 5.38 Å². The van der Waals surface area contributed by atoms with Crippen LogP contribution in [0, 0.1) is 0 Å². The number of thiophene rings is 1. The van der Waals surface area contributed by atoms with Gasteiger partial charge in [-0.25, -0.2) is 0 Å². The van der Waals surface area contributed by atoms with Gasteiger partial charge in [0.05, 0.1) is 4.34 Å². The van der Waals surface area contributed by atoms with Crippen molar-refractivity contribution >= 4 is 34.5 Å². The molecule has 1 heterocycles. The van der Waals surface area contributed by atoms with Crippen LogP contribution >= 0.6 is 34.5 Å². The third-order valence-electron chi connectivity index (χ3n) is 1.88. The Balaban J connectivity index is 2.04. The zero-order valence-electron chi connectivity index (χ0n) is 8.22. The molecule has 0 fully saturated rings. The first-order valence-corrected chi connectivity index (χ1v) is 6.40. The quantitative estimate of drug-likeness (QED) is 0.598. The van der Waals surface area contributed by atoms with Gasteiger partial charge in [0.2, 0.25) is 0 Å². The molecule has 1 aromatic rings. The third-order valence-corrected chi connectivity index (χ3v) is 3.33. The Morgan fingerprint density at radius 2 is 2.29 bits per heavy atom. The first-order chi connectivity index (χ1) is 6.68. The summed E-state index contributed by atoms with van der Waals surface area (Å²) in [7, 11) is 0. The zero-order chi connectivity index (χ0) is 10.4. The Morgan fingerprint density at radius 3 is 2.86 bits per heavy atom. The van der Waals surface area contributed by atoms with E-state index in [1.54, 1.807) is 11.3 Å². The summed E-state index contributed by atoms with van der Waals surface area (Å²) in [5.74, 6) is 0. The molecule has 1 unspecified atom stereocenters. The average Bonchev–Trinajstić information content (AvgIpc) is 2.50. The Kier molecular flexibility index (Phi) is 5.87. The molecule has 1 N–H and O–H groups in total. The second-order valence-electron chi connectivity index (χ2n) is 3.31. The summed E-state index contributed by atoms with van der Waals surface area (Å²) in [6, 6.07) is 3.99. The molecule has 0 amide bonds. The normalized spacial score (nSPS) is 13.1. The second-order valence-corrected chi connectivity index (χ2v) is 5.85. The van der Waals surface area contributed by atoms with Gasteiger partial charge in [0.15, 0.2) is 0 Å². The fraction of sp³-hybridized carbons (Fsp3) is 0.600. The van der Waals surface area contributed by atoms with Crippen LogP contribution in [0.25, 0.3) is 0 Å². The molecular formula is C10H15Cl2NS. The topological polar surface area (TPSA) is 12.0 Å². The van der Waals surface area contributed by atoms with Gasteiger partial charge in [-0.1, -0.05) is 11.6 Å². The standard InChI is InChI=1S/C10H15Cl2NS/c1-8(11)3-2-6-13-7-9-4-5-10(12)14-9/h4-5,8,13H,2-3,6-7H2,1H3. The fourth-order valence-corrected chi connectivity index (χ4v) is 2.38. The minimum Gasteiger partial charge on any atom is -0.312 e. The largest absolute Gasteiger partial charge is 0.312 e. The van der Waals surface area contributed by atoms with Crippen LogP contribution in [-0.2, 0) is 6.54 Å². The molecule has 0 radical (unpaired) electrons. The van der Waals surface area contributed by atoms with E-state index in [2.05, 4.69) is 11.4 Å². The Hall–Kier alpha value is 0.240. The molecule has 0 spiro atoms. The lowest BCUT2D eigenvalue weighted by Gasteiger charge is -2.03. The SMILES string of the molecule is CC(Cl)CCCNCc1ccc(Cl)s1. The maximum absolute atomic E-state index is 5.83. The van der Waals surface area contributed by atoms with Crippen molar-refractivity contribution in [2.45, 2.75) is 31.7 Å². The molecule has 4 heteroatoms. The molecule has 0 aliphatic rings. The summed E-state index contributed by atoms with van der Waals surface area (Å²) in [6.07, 6.45) is 2.20. The van der Waals surface area contributed by atoms with Crippen molar-refractivity contribution in [3.8, 4) is 0 Å². The molecule has 0 aliphatic carbocycles. The van der Waals surface area contributed by atoms with Crippen LogP contribution in [0.5, 0.6) is 0 Å². The number of hydrogen-bond donors (Lipinski definition) is 1. The van der Waals surface area contributed by atoms with E-state index in [1.165, 1.54) is 4.88 Å². The first kappa shape index (κ1) is 12.3. The summed E-state index contributed by atoms with van der Waals surface area (Å²) in [5.41, 5.74) is 0. The van der Waals surface area contributed by atoms with E-state index >= 15 is 0 Å².